The molecular weight excluding hydrogens is 470 g/mol. The van der Waals surface area contributed by atoms with E-state index in [1.807, 2.05) is 42.5 Å². The third kappa shape index (κ3) is 5.28. The summed E-state index contributed by atoms with van der Waals surface area (Å²) in [6, 6.07) is 14.5. The topological polar surface area (TPSA) is 90.7 Å². The molecule has 37 heavy (non-hydrogen) atoms. The van der Waals surface area contributed by atoms with Crippen LogP contribution in [0.2, 0.25) is 0 Å². The maximum absolute atomic E-state index is 12.9. The number of fused-ring (bicyclic) bond motifs is 1. The highest BCUT2D eigenvalue weighted by atomic mass is 16.5. The molecule has 1 unspecified atom stereocenters. The smallest absolute Gasteiger partial charge is 0.338 e. The second-order valence-electron chi connectivity index (χ2n) is 9.17. The zero-order chi connectivity index (χ0) is 26.5. The van der Waals surface area contributed by atoms with Gasteiger partial charge >= 0.3 is 11.9 Å². The van der Waals surface area contributed by atoms with Gasteiger partial charge in [-0.15, -0.1) is 0 Å². The summed E-state index contributed by atoms with van der Waals surface area (Å²) in [7, 11) is 2.72. The Balaban J connectivity index is 1.73. The van der Waals surface area contributed by atoms with Gasteiger partial charge in [-0.05, 0) is 29.2 Å². The normalized spacial score (nSPS) is 14.7. The number of nitrogens with zero attached hydrogens (tertiary/aromatic N) is 3. The maximum Gasteiger partial charge on any atom is 0.338 e. The summed E-state index contributed by atoms with van der Waals surface area (Å²) in [4.78, 5) is 44.0. The highest BCUT2D eigenvalue weighted by molar-refractivity contribution is 5.97. The van der Waals surface area contributed by atoms with Crippen LogP contribution in [0.5, 0.6) is 0 Å². The zero-order valence-electron chi connectivity index (χ0n) is 21.8. The number of rotatable bonds is 8. The van der Waals surface area contributed by atoms with Crippen LogP contribution >= 0.6 is 0 Å². The van der Waals surface area contributed by atoms with Crippen molar-refractivity contribution in [1.82, 2.24) is 14.5 Å². The average molecular weight is 504 g/mol. The summed E-state index contributed by atoms with van der Waals surface area (Å²) >= 11 is 0. The van der Waals surface area contributed by atoms with E-state index in [1.165, 1.54) is 21.1 Å². The molecule has 0 saturated heterocycles. The number of imidazole rings is 1. The number of benzene rings is 2. The Morgan fingerprint density at radius 3 is 2.41 bits per heavy atom. The van der Waals surface area contributed by atoms with Gasteiger partial charge in [-0.3, -0.25) is 4.79 Å². The fraction of sp³-hybridized carbons (Fsp3) is 0.379. The highest BCUT2D eigenvalue weighted by Crippen LogP contribution is 2.33. The number of aromatic nitrogens is 2. The number of carbonyl (C=O) groups excluding carboxylic acids is 3. The summed E-state index contributed by atoms with van der Waals surface area (Å²) in [6.45, 7) is 4.54. The molecule has 0 spiro atoms. The molecule has 1 aliphatic rings. The molecule has 0 N–H and O–H groups in total. The Morgan fingerprint density at radius 2 is 1.76 bits per heavy atom. The van der Waals surface area contributed by atoms with E-state index in [2.05, 4.69) is 11.5 Å². The number of carbonyl (C=O) groups is 3. The van der Waals surface area contributed by atoms with E-state index in [0.717, 1.165) is 53.2 Å². The number of hydrogen-bond acceptors (Lipinski definition) is 6. The second kappa shape index (κ2) is 11.4. The van der Waals surface area contributed by atoms with Crippen molar-refractivity contribution in [2.75, 3.05) is 20.8 Å². The molecule has 2 heterocycles. The number of hydrogen-bond donors (Lipinski definition) is 0. The lowest BCUT2D eigenvalue weighted by molar-refractivity contribution is -0.153. The van der Waals surface area contributed by atoms with Crippen molar-refractivity contribution in [3.63, 3.8) is 0 Å². The minimum atomic E-state index is -0.819. The number of aryl methyl sites for hydroxylation is 1. The van der Waals surface area contributed by atoms with Crippen molar-refractivity contribution in [3.8, 4) is 11.1 Å². The molecule has 194 valence electrons. The van der Waals surface area contributed by atoms with Gasteiger partial charge in [0.1, 0.15) is 5.82 Å². The first-order valence-corrected chi connectivity index (χ1v) is 12.6. The van der Waals surface area contributed by atoms with Crippen LogP contribution < -0.4 is 0 Å². The van der Waals surface area contributed by atoms with Gasteiger partial charge in [0.2, 0.25) is 5.91 Å². The van der Waals surface area contributed by atoms with E-state index < -0.39 is 12.0 Å². The standard InChI is InChI=1S/C29H33N3O5/c1-5-6-11-25-30-24-16-17-31(19(2)33)27(29(35)37-4)26(24)32(25)18-20-12-14-21(15-13-20)22-9-7-8-10-23(22)28(34)36-3/h7-10,12-15,27H,5-6,11,16-18H2,1-4H3. The van der Waals surface area contributed by atoms with Gasteiger partial charge in [-0.1, -0.05) is 55.8 Å². The van der Waals surface area contributed by atoms with Crippen molar-refractivity contribution in [2.45, 2.75) is 52.1 Å². The fourth-order valence-corrected chi connectivity index (χ4v) is 4.95. The van der Waals surface area contributed by atoms with Crippen molar-refractivity contribution in [3.05, 3.63) is 76.9 Å². The predicted molar refractivity (Wildman–Crippen MR) is 139 cm³/mol. The Bertz CT molecular complexity index is 1300. The largest absolute Gasteiger partial charge is 0.467 e. The molecule has 1 aromatic heterocycles. The Labute approximate surface area is 217 Å². The summed E-state index contributed by atoms with van der Waals surface area (Å²) in [5.74, 6) is -0.105. The van der Waals surface area contributed by atoms with Crippen LogP contribution in [-0.2, 0) is 38.4 Å². The first kappa shape index (κ1) is 26.1. The Hall–Kier alpha value is -3.94. The first-order chi connectivity index (χ1) is 17.9. The zero-order valence-corrected chi connectivity index (χ0v) is 21.8. The van der Waals surface area contributed by atoms with Gasteiger partial charge in [0.25, 0.3) is 0 Å². The van der Waals surface area contributed by atoms with Crippen LogP contribution in [0, 0.1) is 0 Å². The lowest BCUT2D eigenvalue weighted by atomic mass is 9.98. The molecule has 1 aliphatic heterocycles. The minimum Gasteiger partial charge on any atom is -0.467 e. The number of methoxy groups -OCH3 is 2. The number of esters is 2. The molecule has 8 heteroatoms. The lowest BCUT2D eigenvalue weighted by Crippen LogP contribution is -2.44. The van der Waals surface area contributed by atoms with Crippen LogP contribution in [0.3, 0.4) is 0 Å². The van der Waals surface area contributed by atoms with E-state index in [0.29, 0.717) is 25.1 Å². The number of ether oxygens (including phenoxy) is 2. The van der Waals surface area contributed by atoms with Crippen molar-refractivity contribution in [2.24, 2.45) is 0 Å². The van der Waals surface area contributed by atoms with Gasteiger partial charge in [0.05, 0.1) is 31.2 Å². The summed E-state index contributed by atoms with van der Waals surface area (Å²) in [5.41, 5.74) is 4.81. The SMILES string of the molecule is CCCCc1nc2c(n1Cc1ccc(-c3ccccc3C(=O)OC)cc1)C(C(=O)OC)N(C(C)=O)CC2. The van der Waals surface area contributed by atoms with E-state index in [1.54, 1.807) is 11.0 Å². The lowest BCUT2D eigenvalue weighted by Gasteiger charge is -2.33. The van der Waals surface area contributed by atoms with Gasteiger partial charge < -0.3 is 18.9 Å². The first-order valence-electron chi connectivity index (χ1n) is 12.6. The quantitative estimate of drug-likeness (QED) is 0.425. The molecule has 3 aromatic rings. The molecule has 1 atom stereocenters. The molecule has 0 fully saturated rings. The van der Waals surface area contributed by atoms with Gasteiger partial charge in [0, 0.05) is 32.9 Å². The van der Waals surface area contributed by atoms with E-state index in [9.17, 15) is 14.4 Å². The van der Waals surface area contributed by atoms with Crippen LogP contribution in [0.4, 0.5) is 0 Å². The van der Waals surface area contributed by atoms with Crippen LogP contribution in [0.25, 0.3) is 11.1 Å². The minimum absolute atomic E-state index is 0.169. The van der Waals surface area contributed by atoms with E-state index in [-0.39, 0.29) is 11.9 Å². The number of amides is 1. The molecule has 0 saturated carbocycles. The van der Waals surface area contributed by atoms with Crippen LogP contribution in [-0.4, -0.2) is 53.1 Å². The maximum atomic E-state index is 12.9. The van der Waals surface area contributed by atoms with Crippen molar-refractivity contribution in [1.29, 1.82) is 0 Å². The summed E-state index contributed by atoms with van der Waals surface area (Å²) in [5, 5.41) is 0. The highest BCUT2D eigenvalue weighted by Gasteiger charge is 2.39. The third-order valence-corrected chi connectivity index (χ3v) is 6.84. The van der Waals surface area contributed by atoms with Gasteiger partial charge in [0.15, 0.2) is 6.04 Å². The molecule has 8 nitrogen and oxygen atoms in total. The third-order valence-electron chi connectivity index (χ3n) is 6.84. The number of unbranched alkanes of at least 4 members (excludes halogenated alkanes) is 1. The Morgan fingerprint density at radius 1 is 1.03 bits per heavy atom. The van der Waals surface area contributed by atoms with E-state index in [4.69, 9.17) is 14.5 Å². The monoisotopic (exact) mass is 503 g/mol. The summed E-state index contributed by atoms with van der Waals surface area (Å²) < 4.78 is 12.1. The van der Waals surface area contributed by atoms with Crippen LogP contribution in [0.15, 0.2) is 48.5 Å². The van der Waals surface area contributed by atoms with Crippen LogP contribution in [0.1, 0.15) is 65.9 Å². The molecule has 1 amide bonds. The average Bonchev–Trinajstić information content (AvgIpc) is 3.27. The Kier molecular flexibility index (Phi) is 8.06. The van der Waals surface area contributed by atoms with Gasteiger partial charge in [-0.2, -0.15) is 0 Å². The molecule has 0 bridgehead atoms. The fourth-order valence-electron chi connectivity index (χ4n) is 4.95. The molecule has 2 aromatic carbocycles. The molecule has 0 aliphatic carbocycles. The molecule has 0 radical (unpaired) electrons. The van der Waals surface area contributed by atoms with Crippen molar-refractivity contribution >= 4 is 17.8 Å². The van der Waals surface area contributed by atoms with Crippen molar-refractivity contribution < 1.29 is 23.9 Å². The van der Waals surface area contributed by atoms with Gasteiger partial charge in [-0.25, -0.2) is 14.6 Å². The molecular formula is C29H33N3O5. The predicted octanol–water partition coefficient (Wildman–Crippen LogP) is 4.35. The summed E-state index contributed by atoms with van der Waals surface area (Å²) in [6.07, 6.45) is 3.37. The molecule has 4 rings (SSSR count). The second-order valence-corrected chi connectivity index (χ2v) is 9.17. The van der Waals surface area contributed by atoms with E-state index >= 15 is 0 Å².